The number of carbonyl (C=O) groups is 2. The zero-order valence-corrected chi connectivity index (χ0v) is 35.3. The van der Waals surface area contributed by atoms with E-state index in [1.165, 1.54) is 74.8 Å². The van der Waals surface area contributed by atoms with Gasteiger partial charge in [0.25, 0.3) is 0 Å². The maximum absolute atomic E-state index is 12.6. The molecule has 10 atom stereocenters. The van der Waals surface area contributed by atoms with Crippen LogP contribution in [0.1, 0.15) is 117 Å². The molecule has 0 amide bonds. The number of phenolic OH excluding ortho intramolecular Hbond substituents is 1. The zero-order chi connectivity index (χ0) is 41.0. The Bertz CT molecular complexity index is 1870. The van der Waals surface area contributed by atoms with E-state index in [9.17, 15) is 40.2 Å². The van der Waals surface area contributed by atoms with Crippen LogP contribution in [0.15, 0.2) is 18.2 Å². The molecule has 10 unspecified atom stereocenters. The summed E-state index contributed by atoms with van der Waals surface area (Å²) >= 11 is 0. The first-order valence-electron chi connectivity index (χ1n) is 21.2. The Morgan fingerprint density at radius 2 is 1.74 bits per heavy atom. The van der Waals surface area contributed by atoms with Crippen LogP contribution in [0.5, 0.6) is 11.5 Å². The number of phenols is 1. The zero-order valence-electron chi connectivity index (χ0n) is 33.7. The van der Waals surface area contributed by atoms with Crippen LogP contribution in [-0.4, -0.2) is 111 Å². The van der Waals surface area contributed by atoms with Gasteiger partial charge >= 0.3 is 5.97 Å². The van der Waals surface area contributed by atoms with Crippen LogP contribution in [0, 0.1) is 40.9 Å². The Labute approximate surface area is 348 Å². The predicted octanol–water partition coefficient (Wildman–Crippen LogP) is 6.62. The molecule has 2 aromatic carbocycles. The van der Waals surface area contributed by atoms with Gasteiger partial charge in [0.15, 0.2) is 5.78 Å². The number of hydrogen-bond donors (Lipinski definition) is 6. The SMILES string of the molecule is CC(=O)c1c(C)cc2cc(C(=O)O)cc(OC3OC(CO)C4(CCC5CC6(CCC7(CCCC7)C6)CC6COCC(CCCO)(CSSCO4)C56)C(O)C3O)c2c1O. The largest absolute Gasteiger partial charge is 0.506 e. The van der Waals surface area contributed by atoms with E-state index < -0.39 is 54.3 Å². The van der Waals surface area contributed by atoms with Crippen LogP contribution in [0.25, 0.3) is 10.8 Å². The van der Waals surface area contributed by atoms with E-state index >= 15 is 0 Å². The molecule has 0 aromatic heterocycles. The number of benzene rings is 2. The van der Waals surface area contributed by atoms with Gasteiger partial charge in [0, 0.05) is 24.4 Å². The van der Waals surface area contributed by atoms with E-state index in [-0.39, 0.29) is 51.6 Å². The Balaban J connectivity index is 1.13. The lowest BCUT2D eigenvalue weighted by atomic mass is 9.50. The standard InChI is InChI=1S/C44H60O12S2/c1-25-14-28-15-29(39(51)52)16-31(34(28)36(48)33(25)26(2)47)55-40-37(49)38(50)44(32(19-46)56-40)10-6-27-17-42(12-11-41(21-42)7-3-4-8-41)18-30-20-53-22-43(35(27)30,9-5-13-45)23-57-58-24-54-44/h14-16,27,30,32,35,37-38,40,45-46,48-50H,3-13,17-24H2,1-2H3,(H,51,52). The number of aliphatic hydroxyl groups excluding tert-OH is 4. The molecule has 8 rings (SSSR count). The number of aliphatic hydroxyl groups is 4. The second kappa shape index (κ2) is 16.6. The molecule has 6 N–H and O–H groups in total. The first-order valence-corrected chi connectivity index (χ1v) is 23.7. The number of carboxylic acids is 1. The Morgan fingerprint density at radius 3 is 2.47 bits per heavy atom. The fraction of sp³-hybridized carbons (Fsp3) is 0.727. The van der Waals surface area contributed by atoms with Gasteiger partial charge in [0.2, 0.25) is 6.29 Å². The first kappa shape index (κ1) is 42.5. The highest BCUT2D eigenvalue weighted by Crippen LogP contribution is 2.67. The lowest BCUT2D eigenvalue weighted by molar-refractivity contribution is -0.323. The van der Waals surface area contributed by atoms with Gasteiger partial charge in [-0.25, -0.2) is 4.79 Å². The minimum atomic E-state index is -1.71. The van der Waals surface area contributed by atoms with Gasteiger partial charge < -0.3 is 49.6 Å². The van der Waals surface area contributed by atoms with Crippen molar-refractivity contribution in [2.45, 2.75) is 128 Å². The van der Waals surface area contributed by atoms with Crippen molar-refractivity contribution in [2.24, 2.45) is 34.0 Å². The van der Waals surface area contributed by atoms with E-state index in [1.54, 1.807) is 23.8 Å². The Hall–Kier alpha value is -2.14. The molecule has 14 heteroatoms. The number of ketones is 1. The fourth-order valence-electron chi connectivity index (χ4n) is 13.1. The number of aryl methyl sites for hydroxylation is 1. The van der Waals surface area contributed by atoms with Crippen LogP contribution in [0.2, 0.25) is 0 Å². The number of rotatable bonds is 8. The van der Waals surface area contributed by atoms with Crippen LogP contribution in [0.4, 0.5) is 0 Å². The molecule has 3 aliphatic heterocycles. The molecule has 3 aliphatic carbocycles. The number of aromatic hydroxyl groups is 1. The second-order valence-corrected chi connectivity index (χ2v) is 21.2. The molecule has 3 saturated carbocycles. The van der Waals surface area contributed by atoms with Crippen molar-refractivity contribution >= 4 is 44.1 Å². The van der Waals surface area contributed by atoms with Crippen molar-refractivity contribution in [3.05, 3.63) is 34.9 Å². The normalized spacial score (nSPS) is 37.5. The average molecular weight is 845 g/mol. The molecule has 3 saturated heterocycles. The second-order valence-electron chi connectivity index (χ2n) is 18.8. The smallest absolute Gasteiger partial charge is 0.335 e. The molecule has 2 aromatic rings. The summed E-state index contributed by atoms with van der Waals surface area (Å²) in [6.07, 6.45) is 7.71. The summed E-state index contributed by atoms with van der Waals surface area (Å²) in [7, 11) is 3.22. The number of fused-ring (bicyclic) bond motifs is 1. The maximum Gasteiger partial charge on any atom is 0.335 e. The van der Waals surface area contributed by atoms with Crippen molar-refractivity contribution in [1.29, 1.82) is 0 Å². The number of aromatic carboxylic acids is 1. The van der Waals surface area contributed by atoms with Crippen molar-refractivity contribution in [3.8, 4) is 11.5 Å². The Kier molecular flexibility index (Phi) is 12.2. The van der Waals surface area contributed by atoms with Gasteiger partial charge in [-0.05, 0) is 136 Å². The monoisotopic (exact) mass is 844 g/mol. The Morgan fingerprint density at radius 1 is 0.983 bits per heavy atom. The minimum Gasteiger partial charge on any atom is -0.506 e. The summed E-state index contributed by atoms with van der Waals surface area (Å²) in [6, 6.07) is 4.14. The van der Waals surface area contributed by atoms with Crippen molar-refractivity contribution in [1.82, 2.24) is 0 Å². The highest BCUT2D eigenvalue weighted by Gasteiger charge is 2.62. The number of carboxylic acid groups (broad SMARTS) is 1. The fourth-order valence-corrected chi connectivity index (χ4v) is 15.4. The number of Topliss-reactive ketones (excluding diaryl/α,β-unsaturated/α-hetero) is 1. The van der Waals surface area contributed by atoms with E-state index in [0.29, 0.717) is 54.1 Å². The van der Waals surface area contributed by atoms with Crippen LogP contribution < -0.4 is 4.74 Å². The van der Waals surface area contributed by atoms with E-state index in [4.69, 9.17) is 18.9 Å². The number of hydrogen-bond acceptors (Lipinski definition) is 13. The summed E-state index contributed by atoms with van der Waals surface area (Å²) in [5.41, 5.74) is -0.657. The van der Waals surface area contributed by atoms with Gasteiger partial charge in [-0.3, -0.25) is 4.79 Å². The van der Waals surface area contributed by atoms with Gasteiger partial charge in [-0.2, -0.15) is 0 Å². The highest BCUT2D eigenvalue weighted by atomic mass is 33.1. The molecule has 58 heavy (non-hydrogen) atoms. The number of carbonyl (C=O) groups excluding carboxylic acids is 1. The lowest BCUT2D eigenvalue weighted by Crippen LogP contribution is -2.69. The molecule has 3 heterocycles. The summed E-state index contributed by atoms with van der Waals surface area (Å²) < 4.78 is 25.7. The highest BCUT2D eigenvalue weighted by molar-refractivity contribution is 8.76. The third kappa shape index (κ3) is 7.48. The summed E-state index contributed by atoms with van der Waals surface area (Å²) in [5.74, 6) is -0.271. The molecule has 3 spiro atoms. The van der Waals surface area contributed by atoms with Crippen molar-refractivity contribution in [2.75, 3.05) is 38.1 Å². The topological polar surface area (TPSA) is 192 Å². The van der Waals surface area contributed by atoms with Crippen LogP contribution in [0.3, 0.4) is 0 Å². The van der Waals surface area contributed by atoms with Gasteiger partial charge in [0.1, 0.15) is 41.4 Å². The summed E-state index contributed by atoms with van der Waals surface area (Å²) in [6.45, 7) is 3.88. The van der Waals surface area contributed by atoms with Crippen LogP contribution >= 0.6 is 21.6 Å². The van der Waals surface area contributed by atoms with Crippen molar-refractivity contribution < 1.29 is 59.2 Å². The quantitative estimate of drug-likeness (QED) is 0.123. The van der Waals surface area contributed by atoms with Crippen molar-refractivity contribution in [3.63, 3.8) is 0 Å². The van der Waals surface area contributed by atoms with E-state index in [0.717, 1.165) is 31.6 Å². The molecule has 320 valence electrons. The van der Waals surface area contributed by atoms with E-state index in [2.05, 4.69) is 0 Å². The van der Waals surface area contributed by atoms with Gasteiger partial charge in [0.05, 0.1) is 29.7 Å². The molecule has 0 radical (unpaired) electrons. The third-order valence-electron chi connectivity index (χ3n) is 15.3. The van der Waals surface area contributed by atoms with Gasteiger partial charge in [-0.15, -0.1) is 0 Å². The molecule has 6 fully saturated rings. The van der Waals surface area contributed by atoms with Crippen LogP contribution in [-0.2, 0) is 14.2 Å². The summed E-state index contributed by atoms with van der Waals surface area (Å²) in [5, 5.41) is 67.0. The van der Waals surface area contributed by atoms with E-state index in [1.807, 2.05) is 0 Å². The maximum atomic E-state index is 12.6. The summed E-state index contributed by atoms with van der Waals surface area (Å²) in [4.78, 5) is 24.8. The third-order valence-corrected chi connectivity index (χ3v) is 17.5. The molecular weight excluding hydrogens is 785 g/mol. The molecule has 12 nitrogen and oxygen atoms in total. The predicted molar refractivity (Wildman–Crippen MR) is 220 cm³/mol. The average Bonchev–Trinajstić information content (AvgIpc) is 3.79. The molecule has 0 bridgehead atoms. The first-order chi connectivity index (χ1) is 27.8. The van der Waals surface area contributed by atoms with Gasteiger partial charge in [-0.1, -0.05) is 40.5 Å². The lowest BCUT2D eigenvalue weighted by Gasteiger charge is -2.58. The molecular formula is C44H60O12S2. The molecule has 6 aliphatic rings. The number of ether oxygens (including phenoxy) is 4. The minimum absolute atomic E-state index is 0.0478.